The predicted molar refractivity (Wildman–Crippen MR) is 91.6 cm³/mol. The molecule has 1 aliphatic rings. The topological polar surface area (TPSA) is 64.3 Å². The first kappa shape index (κ1) is 15.4. The summed E-state index contributed by atoms with van der Waals surface area (Å²) in [6.07, 6.45) is 3.03. The second-order valence-corrected chi connectivity index (χ2v) is 5.84. The second kappa shape index (κ2) is 6.73. The van der Waals surface area contributed by atoms with Gasteiger partial charge in [0.15, 0.2) is 0 Å². The lowest BCUT2D eigenvalue weighted by Crippen LogP contribution is -2.31. The summed E-state index contributed by atoms with van der Waals surface area (Å²) in [4.78, 5) is 12.6. The van der Waals surface area contributed by atoms with E-state index in [1.54, 1.807) is 6.07 Å². The van der Waals surface area contributed by atoms with Gasteiger partial charge in [0.2, 0.25) is 0 Å². The average Bonchev–Trinajstić information content (AvgIpc) is 2.55. The van der Waals surface area contributed by atoms with E-state index in [0.717, 1.165) is 30.7 Å². The maximum Gasteiger partial charge on any atom is 0.251 e. The molecule has 1 unspecified atom stereocenters. The van der Waals surface area contributed by atoms with E-state index in [9.17, 15) is 4.79 Å². The summed E-state index contributed by atoms with van der Waals surface area (Å²) >= 11 is 0. The Morgan fingerprint density at radius 2 is 2.17 bits per heavy atom. The highest BCUT2D eigenvalue weighted by molar-refractivity contribution is 5.94. The Morgan fingerprint density at radius 1 is 1.30 bits per heavy atom. The molecule has 120 valence electrons. The van der Waals surface area contributed by atoms with Crippen LogP contribution in [0.4, 0.5) is 5.69 Å². The summed E-state index contributed by atoms with van der Waals surface area (Å²) < 4.78 is 5.46. The number of carbonyl (C=O) groups excluding carboxylic acids is 1. The summed E-state index contributed by atoms with van der Waals surface area (Å²) in [5, 5.41) is 3.14. The van der Waals surface area contributed by atoms with E-state index in [4.69, 9.17) is 10.5 Å². The molecule has 0 saturated carbocycles. The monoisotopic (exact) mass is 310 g/mol. The molecule has 0 bridgehead atoms. The first-order valence-electron chi connectivity index (χ1n) is 8.09. The Hall–Kier alpha value is -2.49. The average molecular weight is 310 g/mol. The Bertz CT molecular complexity index is 712. The minimum Gasteiger partial charge on any atom is -0.494 e. The van der Waals surface area contributed by atoms with Crippen molar-refractivity contribution in [2.24, 2.45) is 0 Å². The quantitative estimate of drug-likeness (QED) is 0.850. The van der Waals surface area contributed by atoms with E-state index >= 15 is 0 Å². The van der Waals surface area contributed by atoms with Gasteiger partial charge in [0, 0.05) is 11.3 Å². The molecule has 2 aromatic rings. The van der Waals surface area contributed by atoms with E-state index in [2.05, 4.69) is 5.32 Å². The van der Waals surface area contributed by atoms with Crippen molar-refractivity contribution in [3.63, 3.8) is 0 Å². The molecule has 0 aliphatic heterocycles. The van der Waals surface area contributed by atoms with Crippen LogP contribution in [-0.4, -0.2) is 12.5 Å². The molecule has 3 N–H and O–H groups in total. The molecule has 0 aromatic heterocycles. The van der Waals surface area contributed by atoms with Gasteiger partial charge in [-0.3, -0.25) is 4.79 Å². The SMILES string of the molecule is CCOc1cccc(C(=O)NC2CCCc3cc(N)ccc32)c1. The first-order chi connectivity index (χ1) is 11.2. The van der Waals surface area contributed by atoms with E-state index in [1.807, 2.05) is 43.3 Å². The fourth-order valence-corrected chi connectivity index (χ4v) is 3.12. The zero-order valence-electron chi connectivity index (χ0n) is 13.3. The van der Waals surface area contributed by atoms with Gasteiger partial charge in [0.05, 0.1) is 12.6 Å². The Balaban J connectivity index is 1.78. The van der Waals surface area contributed by atoms with Crippen LogP contribution >= 0.6 is 0 Å². The molecule has 1 aliphatic carbocycles. The number of nitrogens with two attached hydrogens (primary N) is 1. The van der Waals surface area contributed by atoms with Crippen LogP contribution in [0.15, 0.2) is 42.5 Å². The van der Waals surface area contributed by atoms with Crippen molar-refractivity contribution in [2.75, 3.05) is 12.3 Å². The molecule has 0 fully saturated rings. The zero-order valence-corrected chi connectivity index (χ0v) is 13.3. The van der Waals surface area contributed by atoms with Crippen molar-refractivity contribution in [2.45, 2.75) is 32.2 Å². The summed E-state index contributed by atoms with van der Waals surface area (Å²) in [5.41, 5.74) is 9.69. The van der Waals surface area contributed by atoms with Crippen molar-refractivity contribution < 1.29 is 9.53 Å². The Morgan fingerprint density at radius 3 is 3.00 bits per heavy atom. The van der Waals surface area contributed by atoms with Gasteiger partial charge in [-0.25, -0.2) is 0 Å². The minimum atomic E-state index is -0.0683. The van der Waals surface area contributed by atoms with Crippen LogP contribution in [-0.2, 0) is 6.42 Å². The van der Waals surface area contributed by atoms with Gasteiger partial charge in [-0.05, 0) is 67.6 Å². The highest BCUT2D eigenvalue weighted by Gasteiger charge is 2.22. The van der Waals surface area contributed by atoms with Crippen molar-refractivity contribution in [3.05, 3.63) is 59.2 Å². The standard InChI is InChI=1S/C19H22N2O2/c1-2-23-16-7-3-6-14(12-16)19(22)21-18-8-4-5-13-11-15(20)9-10-17(13)18/h3,6-7,9-12,18H,2,4-5,8,20H2,1H3,(H,21,22). The fourth-order valence-electron chi connectivity index (χ4n) is 3.12. The maximum absolute atomic E-state index is 12.6. The Kier molecular flexibility index (Phi) is 4.51. The van der Waals surface area contributed by atoms with Gasteiger partial charge in [0.1, 0.15) is 5.75 Å². The zero-order chi connectivity index (χ0) is 16.2. The largest absolute Gasteiger partial charge is 0.494 e. The molecule has 3 rings (SSSR count). The number of rotatable bonds is 4. The lowest BCUT2D eigenvalue weighted by molar-refractivity contribution is 0.0932. The third-order valence-electron chi connectivity index (χ3n) is 4.19. The number of carbonyl (C=O) groups is 1. The lowest BCUT2D eigenvalue weighted by atomic mass is 9.87. The number of aryl methyl sites for hydroxylation is 1. The molecule has 1 atom stereocenters. The number of benzene rings is 2. The number of hydrogen-bond donors (Lipinski definition) is 2. The van der Waals surface area contributed by atoms with Gasteiger partial charge >= 0.3 is 0 Å². The van der Waals surface area contributed by atoms with Crippen LogP contribution in [0.25, 0.3) is 0 Å². The number of nitrogens with one attached hydrogen (secondary N) is 1. The third-order valence-corrected chi connectivity index (χ3v) is 4.19. The molecule has 4 heteroatoms. The maximum atomic E-state index is 12.6. The van der Waals surface area contributed by atoms with Crippen molar-refractivity contribution in [1.82, 2.24) is 5.32 Å². The molecule has 0 spiro atoms. The molecule has 2 aromatic carbocycles. The molecule has 1 amide bonds. The van der Waals surface area contributed by atoms with Gasteiger partial charge in [-0.1, -0.05) is 12.1 Å². The molecule has 0 heterocycles. The minimum absolute atomic E-state index is 0.0441. The smallest absolute Gasteiger partial charge is 0.251 e. The van der Waals surface area contributed by atoms with Crippen molar-refractivity contribution in [1.29, 1.82) is 0 Å². The van der Waals surface area contributed by atoms with Crippen LogP contribution in [0.5, 0.6) is 5.75 Å². The number of fused-ring (bicyclic) bond motifs is 1. The number of ether oxygens (including phenoxy) is 1. The summed E-state index contributed by atoms with van der Waals surface area (Å²) in [6.45, 7) is 2.51. The number of hydrogen-bond acceptors (Lipinski definition) is 3. The lowest BCUT2D eigenvalue weighted by Gasteiger charge is -2.26. The van der Waals surface area contributed by atoms with Gasteiger partial charge in [-0.15, -0.1) is 0 Å². The van der Waals surface area contributed by atoms with Crippen molar-refractivity contribution in [3.8, 4) is 5.75 Å². The molecule has 4 nitrogen and oxygen atoms in total. The highest BCUT2D eigenvalue weighted by atomic mass is 16.5. The van der Waals surface area contributed by atoms with Crippen LogP contribution in [0.1, 0.15) is 47.3 Å². The van der Waals surface area contributed by atoms with E-state index in [1.165, 1.54) is 11.1 Å². The molecular weight excluding hydrogens is 288 g/mol. The number of amides is 1. The molecular formula is C19H22N2O2. The molecule has 0 saturated heterocycles. The molecule has 0 radical (unpaired) electrons. The van der Waals surface area contributed by atoms with Crippen molar-refractivity contribution >= 4 is 11.6 Å². The predicted octanol–water partition coefficient (Wildman–Crippen LogP) is 3.47. The normalized spacial score (nSPS) is 16.5. The highest BCUT2D eigenvalue weighted by Crippen LogP contribution is 2.31. The third kappa shape index (κ3) is 3.47. The van der Waals surface area contributed by atoms with Gasteiger partial charge < -0.3 is 15.8 Å². The Labute approximate surface area is 136 Å². The summed E-state index contributed by atoms with van der Waals surface area (Å²) in [5.74, 6) is 0.651. The van der Waals surface area contributed by atoms with E-state index < -0.39 is 0 Å². The van der Waals surface area contributed by atoms with Gasteiger partial charge in [0.25, 0.3) is 5.91 Å². The van der Waals surface area contributed by atoms with Crippen LogP contribution in [0.3, 0.4) is 0 Å². The second-order valence-electron chi connectivity index (χ2n) is 5.84. The van der Waals surface area contributed by atoms with E-state index in [0.29, 0.717) is 12.2 Å². The number of anilines is 1. The fraction of sp³-hybridized carbons (Fsp3) is 0.316. The molecule has 23 heavy (non-hydrogen) atoms. The summed E-state index contributed by atoms with van der Waals surface area (Å²) in [6, 6.07) is 13.3. The van der Waals surface area contributed by atoms with Crippen LogP contribution in [0.2, 0.25) is 0 Å². The van der Waals surface area contributed by atoms with Gasteiger partial charge in [-0.2, -0.15) is 0 Å². The van der Waals surface area contributed by atoms with Crippen LogP contribution in [0, 0.1) is 0 Å². The van der Waals surface area contributed by atoms with Crippen LogP contribution < -0.4 is 15.8 Å². The summed E-state index contributed by atoms with van der Waals surface area (Å²) in [7, 11) is 0. The van der Waals surface area contributed by atoms with E-state index in [-0.39, 0.29) is 11.9 Å². The number of nitrogen functional groups attached to an aromatic ring is 1. The first-order valence-corrected chi connectivity index (χ1v) is 8.09.